The molecule has 0 heterocycles. The van der Waals surface area contributed by atoms with E-state index in [-0.39, 0.29) is 24.8 Å². The minimum absolute atomic E-state index is 0.0325. The van der Waals surface area contributed by atoms with Crippen molar-refractivity contribution >= 4 is 12.0 Å². The zero-order chi connectivity index (χ0) is 18.2. The van der Waals surface area contributed by atoms with Crippen LogP contribution in [0, 0.1) is 0 Å². The SMILES string of the molecule is CC(NC(=O)NCCCC(=O)O)c1ccc(OCC(F)(F)F)cc1. The molecule has 0 radical (unpaired) electrons. The number of carboxylic acid groups (broad SMARTS) is 1. The third kappa shape index (κ3) is 8.25. The van der Waals surface area contributed by atoms with Crippen molar-refractivity contribution in [3.63, 3.8) is 0 Å². The van der Waals surface area contributed by atoms with Gasteiger partial charge in [0, 0.05) is 13.0 Å². The Morgan fingerprint density at radius 2 is 1.88 bits per heavy atom. The number of carbonyl (C=O) groups excluding carboxylic acids is 1. The molecular formula is C15H19F3N2O4. The topological polar surface area (TPSA) is 87.7 Å². The number of nitrogens with one attached hydrogen (secondary N) is 2. The number of benzene rings is 1. The van der Waals surface area contributed by atoms with Crippen LogP contribution < -0.4 is 15.4 Å². The highest BCUT2D eigenvalue weighted by atomic mass is 19.4. The Hall–Kier alpha value is -2.45. The Labute approximate surface area is 137 Å². The van der Waals surface area contributed by atoms with E-state index in [2.05, 4.69) is 15.4 Å². The van der Waals surface area contributed by atoms with Crippen molar-refractivity contribution in [2.45, 2.75) is 32.0 Å². The molecule has 0 spiro atoms. The Kier molecular flexibility index (Phi) is 7.34. The van der Waals surface area contributed by atoms with Gasteiger partial charge in [-0.25, -0.2) is 4.79 Å². The van der Waals surface area contributed by atoms with E-state index in [1.54, 1.807) is 19.1 Å². The molecule has 1 atom stereocenters. The van der Waals surface area contributed by atoms with Crippen LogP contribution in [-0.4, -0.2) is 36.4 Å². The van der Waals surface area contributed by atoms with E-state index in [0.29, 0.717) is 12.0 Å². The number of halogens is 3. The Morgan fingerprint density at radius 1 is 1.25 bits per heavy atom. The lowest BCUT2D eigenvalue weighted by Crippen LogP contribution is -2.37. The molecule has 134 valence electrons. The molecule has 0 fully saturated rings. The van der Waals surface area contributed by atoms with Gasteiger partial charge in [0.1, 0.15) is 5.75 Å². The van der Waals surface area contributed by atoms with Gasteiger partial charge in [0.2, 0.25) is 0 Å². The number of rotatable bonds is 8. The smallest absolute Gasteiger partial charge is 0.422 e. The normalized spacial score (nSPS) is 12.3. The van der Waals surface area contributed by atoms with Crippen molar-refractivity contribution in [3.05, 3.63) is 29.8 Å². The van der Waals surface area contributed by atoms with Crippen molar-refractivity contribution in [1.29, 1.82) is 0 Å². The zero-order valence-electron chi connectivity index (χ0n) is 13.0. The number of ether oxygens (including phenoxy) is 1. The van der Waals surface area contributed by atoms with Gasteiger partial charge in [-0.1, -0.05) is 12.1 Å². The van der Waals surface area contributed by atoms with Gasteiger partial charge in [-0.2, -0.15) is 13.2 Å². The largest absolute Gasteiger partial charge is 0.484 e. The molecular weight excluding hydrogens is 329 g/mol. The van der Waals surface area contributed by atoms with Gasteiger partial charge in [0.25, 0.3) is 0 Å². The van der Waals surface area contributed by atoms with Crippen LogP contribution in [0.15, 0.2) is 24.3 Å². The number of hydrogen-bond acceptors (Lipinski definition) is 3. The van der Waals surface area contributed by atoms with Gasteiger partial charge in [0.15, 0.2) is 6.61 Å². The Bertz CT molecular complexity index is 547. The first kappa shape index (κ1) is 19.6. The highest BCUT2D eigenvalue weighted by molar-refractivity contribution is 5.74. The van der Waals surface area contributed by atoms with Crippen LogP contribution in [0.1, 0.15) is 31.4 Å². The van der Waals surface area contributed by atoms with E-state index in [1.807, 2.05) is 0 Å². The van der Waals surface area contributed by atoms with Crippen molar-refractivity contribution in [3.8, 4) is 5.75 Å². The lowest BCUT2D eigenvalue weighted by atomic mass is 10.1. The predicted octanol–water partition coefficient (Wildman–Crippen LogP) is 2.85. The summed E-state index contributed by atoms with van der Waals surface area (Å²) in [5, 5.41) is 13.6. The average Bonchev–Trinajstić information content (AvgIpc) is 2.49. The summed E-state index contributed by atoms with van der Waals surface area (Å²) in [6, 6.07) is 5.07. The molecule has 0 aromatic heterocycles. The summed E-state index contributed by atoms with van der Waals surface area (Å²) in [4.78, 5) is 22.0. The molecule has 0 bridgehead atoms. The van der Waals surface area contributed by atoms with Gasteiger partial charge in [0.05, 0.1) is 6.04 Å². The second-order valence-corrected chi connectivity index (χ2v) is 5.09. The van der Waals surface area contributed by atoms with E-state index in [9.17, 15) is 22.8 Å². The third-order valence-corrected chi connectivity index (χ3v) is 2.98. The quantitative estimate of drug-likeness (QED) is 0.631. The van der Waals surface area contributed by atoms with Crippen LogP contribution in [0.4, 0.5) is 18.0 Å². The van der Waals surface area contributed by atoms with Crippen molar-refractivity contribution in [2.75, 3.05) is 13.2 Å². The molecule has 0 saturated heterocycles. The van der Waals surface area contributed by atoms with E-state index in [0.717, 1.165) is 0 Å². The minimum atomic E-state index is -4.40. The molecule has 1 aromatic carbocycles. The van der Waals surface area contributed by atoms with Crippen molar-refractivity contribution in [1.82, 2.24) is 10.6 Å². The van der Waals surface area contributed by atoms with Gasteiger partial charge in [-0.3, -0.25) is 4.79 Å². The van der Waals surface area contributed by atoms with Crippen LogP contribution >= 0.6 is 0 Å². The van der Waals surface area contributed by atoms with Gasteiger partial charge < -0.3 is 20.5 Å². The van der Waals surface area contributed by atoms with Crippen molar-refractivity contribution < 1.29 is 32.6 Å². The second kappa shape index (κ2) is 8.99. The summed E-state index contributed by atoms with van der Waals surface area (Å²) < 4.78 is 40.8. The van der Waals surface area contributed by atoms with Crippen LogP contribution in [0.5, 0.6) is 5.75 Å². The lowest BCUT2D eigenvalue weighted by molar-refractivity contribution is -0.153. The molecule has 0 aliphatic heterocycles. The molecule has 1 unspecified atom stereocenters. The number of aliphatic carboxylic acids is 1. The minimum Gasteiger partial charge on any atom is -0.484 e. The van der Waals surface area contributed by atoms with E-state index in [4.69, 9.17) is 5.11 Å². The van der Waals surface area contributed by atoms with Crippen LogP contribution in [0.3, 0.4) is 0 Å². The maximum Gasteiger partial charge on any atom is 0.422 e. The fraction of sp³-hybridized carbons (Fsp3) is 0.467. The summed E-state index contributed by atoms with van der Waals surface area (Å²) in [6.07, 6.45) is -4.11. The standard InChI is InChI=1S/C15H19F3N2O4/c1-10(20-14(23)19-8-2-3-13(21)22)11-4-6-12(7-5-11)24-9-15(16,17)18/h4-7,10H,2-3,8-9H2,1H3,(H,21,22)(H2,19,20,23). The fourth-order valence-electron chi connectivity index (χ4n) is 1.79. The number of alkyl halides is 3. The number of carboxylic acids is 1. The molecule has 3 N–H and O–H groups in total. The van der Waals surface area contributed by atoms with Crippen LogP contribution in [0.25, 0.3) is 0 Å². The molecule has 2 amide bonds. The van der Waals surface area contributed by atoms with E-state index >= 15 is 0 Å². The molecule has 0 saturated carbocycles. The van der Waals surface area contributed by atoms with Crippen LogP contribution in [-0.2, 0) is 4.79 Å². The number of hydrogen-bond donors (Lipinski definition) is 3. The zero-order valence-corrected chi connectivity index (χ0v) is 13.0. The van der Waals surface area contributed by atoms with Gasteiger partial charge >= 0.3 is 18.2 Å². The van der Waals surface area contributed by atoms with Crippen LogP contribution in [0.2, 0.25) is 0 Å². The first-order valence-electron chi connectivity index (χ1n) is 7.23. The summed E-state index contributed by atoms with van der Waals surface area (Å²) in [6.45, 7) is 0.580. The summed E-state index contributed by atoms with van der Waals surface area (Å²) in [5.74, 6) is -0.847. The molecule has 24 heavy (non-hydrogen) atoms. The summed E-state index contributed by atoms with van der Waals surface area (Å²) >= 11 is 0. The van der Waals surface area contributed by atoms with Gasteiger partial charge in [-0.05, 0) is 31.0 Å². The highest BCUT2D eigenvalue weighted by Crippen LogP contribution is 2.20. The monoisotopic (exact) mass is 348 g/mol. The molecule has 6 nitrogen and oxygen atoms in total. The molecule has 0 aliphatic rings. The van der Waals surface area contributed by atoms with Gasteiger partial charge in [-0.15, -0.1) is 0 Å². The van der Waals surface area contributed by atoms with E-state index in [1.165, 1.54) is 12.1 Å². The summed E-state index contributed by atoms with van der Waals surface area (Å²) in [5.41, 5.74) is 0.690. The first-order chi connectivity index (χ1) is 11.2. The average molecular weight is 348 g/mol. The second-order valence-electron chi connectivity index (χ2n) is 5.09. The first-order valence-corrected chi connectivity index (χ1v) is 7.23. The van der Waals surface area contributed by atoms with E-state index < -0.39 is 24.8 Å². The fourth-order valence-corrected chi connectivity index (χ4v) is 1.79. The lowest BCUT2D eigenvalue weighted by Gasteiger charge is -2.16. The number of amides is 2. The summed E-state index contributed by atoms with van der Waals surface area (Å²) in [7, 11) is 0. The molecule has 9 heteroatoms. The highest BCUT2D eigenvalue weighted by Gasteiger charge is 2.28. The van der Waals surface area contributed by atoms with Crippen molar-refractivity contribution in [2.24, 2.45) is 0 Å². The molecule has 1 aromatic rings. The molecule has 1 rings (SSSR count). The maximum atomic E-state index is 12.1. The maximum absolute atomic E-state index is 12.1. The Morgan fingerprint density at radius 3 is 2.42 bits per heavy atom. The Balaban J connectivity index is 2.40. The number of carbonyl (C=O) groups is 2. The predicted molar refractivity (Wildman–Crippen MR) is 79.8 cm³/mol. The number of urea groups is 1. The molecule has 0 aliphatic carbocycles. The third-order valence-electron chi connectivity index (χ3n) is 2.98.